The Morgan fingerprint density at radius 3 is 2.61 bits per heavy atom. The van der Waals surface area contributed by atoms with E-state index in [1.54, 1.807) is 4.90 Å². The van der Waals surface area contributed by atoms with E-state index in [9.17, 15) is 4.79 Å². The van der Waals surface area contributed by atoms with Crippen molar-refractivity contribution >= 4 is 28.8 Å². The van der Waals surface area contributed by atoms with Crippen LogP contribution in [0.25, 0.3) is 0 Å². The summed E-state index contributed by atoms with van der Waals surface area (Å²) in [6.45, 7) is 2.92. The molecule has 0 aromatic heterocycles. The Hall–Kier alpha value is -1.46. The number of ether oxygens (including phenoxy) is 1. The Morgan fingerprint density at radius 2 is 2.06 bits per heavy atom. The zero-order valence-electron chi connectivity index (χ0n) is 10.5. The summed E-state index contributed by atoms with van der Waals surface area (Å²) in [5.41, 5.74) is 6.31. The van der Waals surface area contributed by atoms with E-state index in [1.807, 2.05) is 37.3 Å². The van der Waals surface area contributed by atoms with Gasteiger partial charge < -0.3 is 15.4 Å². The standard InChI is InChI=1S/C13H18N2O2S/c1-2-17-10-13(16)15(9-8-12(14)18)11-6-4-3-5-7-11/h3-7H,2,8-10H2,1H3,(H2,14,18). The van der Waals surface area contributed by atoms with Crippen molar-refractivity contribution in [1.29, 1.82) is 0 Å². The van der Waals surface area contributed by atoms with Crippen LogP contribution in [-0.2, 0) is 9.53 Å². The van der Waals surface area contributed by atoms with E-state index >= 15 is 0 Å². The zero-order chi connectivity index (χ0) is 13.4. The number of hydrogen-bond donors (Lipinski definition) is 1. The van der Waals surface area contributed by atoms with Crippen molar-refractivity contribution < 1.29 is 9.53 Å². The number of nitrogens with two attached hydrogens (primary N) is 1. The summed E-state index contributed by atoms with van der Waals surface area (Å²) < 4.78 is 5.15. The summed E-state index contributed by atoms with van der Waals surface area (Å²) in [5.74, 6) is -0.0840. The smallest absolute Gasteiger partial charge is 0.252 e. The molecular formula is C13H18N2O2S. The third-order valence-corrected chi connectivity index (χ3v) is 2.58. The molecule has 0 fully saturated rings. The molecule has 5 heteroatoms. The number of carbonyl (C=O) groups excluding carboxylic acids is 1. The normalized spacial score (nSPS) is 10.1. The predicted molar refractivity (Wildman–Crippen MR) is 76.7 cm³/mol. The number of rotatable bonds is 7. The van der Waals surface area contributed by atoms with Crippen molar-refractivity contribution in [2.45, 2.75) is 13.3 Å². The average molecular weight is 266 g/mol. The van der Waals surface area contributed by atoms with Gasteiger partial charge in [-0.3, -0.25) is 4.79 Å². The minimum Gasteiger partial charge on any atom is -0.393 e. The van der Waals surface area contributed by atoms with Gasteiger partial charge in [-0.05, 0) is 19.1 Å². The lowest BCUT2D eigenvalue weighted by molar-refractivity contribution is -0.122. The van der Waals surface area contributed by atoms with Gasteiger partial charge in [0.1, 0.15) is 6.61 Å². The lowest BCUT2D eigenvalue weighted by atomic mass is 10.2. The predicted octanol–water partition coefficient (Wildman–Crippen LogP) is 1.73. The minimum atomic E-state index is -0.0840. The molecule has 0 heterocycles. The zero-order valence-corrected chi connectivity index (χ0v) is 11.3. The Morgan fingerprint density at radius 1 is 1.39 bits per heavy atom. The van der Waals surface area contributed by atoms with E-state index in [-0.39, 0.29) is 12.5 Å². The second kappa shape index (κ2) is 7.79. The van der Waals surface area contributed by atoms with Gasteiger partial charge >= 0.3 is 0 Å². The molecule has 0 aliphatic carbocycles. The molecule has 0 aliphatic rings. The fraction of sp³-hybridized carbons (Fsp3) is 0.385. The fourth-order valence-electron chi connectivity index (χ4n) is 1.50. The molecule has 0 radical (unpaired) electrons. The highest BCUT2D eigenvalue weighted by atomic mass is 32.1. The number of nitrogens with zero attached hydrogens (tertiary/aromatic N) is 1. The highest BCUT2D eigenvalue weighted by Gasteiger charge is 2.15. The lowest BCUT2D eigenvalue weighted by Gasteiger charge is -2.22. The molecule has 18 heavy (non-hydrogen) atoms. The first kappa shape index (κ1) is 14.6. The van der Waals surface area contributed by atoms with Crippen molar-refractivity contribution in [1.82, 2.24) is 0 Å². The van der Waals surface area contributed by atoms with Crippen LogP contribution in [0.15, 0.2) is 30.3 Å². The first-order chi connectivity index (χ1) is 8.65. The van der Waals surface area contributed by atoms with Gasteiger partial charge in [-0.1, -0.05) is 30.4 Å². The summed E-state index contributed by atoms with van der Waals surface area (Å²) in [4.78, 5) is 14.1. The molecule has 2 N–H and O–H groups in total. The molecule has 0 aliphatic heterocycles. The second-order valence-corrected chi connectivity index (χ2v) is 4.26. The maximum Gasteiger partial charge on any atom is 0.252 e. The lowest BCUT2D eigenvalue weighted by Crippen LogP contribution is -2.36. The summed E-state index contributed by atoms with van der Waals surface area (Å²) in [7, 11) is 0. The van der Waals surface area contributed by atoms with E-state index in [0.717, 1.165) is 5.69 Å². The molecule has 0 spiro atoms. The first-order valence-electron chi connectivity index (χ1n) is 5.86. The highest BCUT2D eigenvalue weighted by Crippen LogP contribution is 2.14. The maximum atomic E-state index is 12.0. The minimum absolute atomic E-state index is 0.0722. The molecule has 0 bridgehead atoms. The number of anilines is 1. The van der Waals surface area contributed by atoms with E-state index in [4.69, 9.17) is 22.7 Å². The van der Waals surface area contributed by atoms with E-state index in [2.05, 4.69) is 0 Å². The number of para-hydroxylation sites is 1. The number of benzene rings is 1. The van der Waals surface area contributed by atoms with Crippen LogP contribution in [0.5, 0.6) is 0 Å². The fourth-order valence-corrected chi connectivity index (χ4v) is 1.59. The monoisotopic (exact) mass is 266 g/mol. The summed E-state index contributed by atoms with van der Waals surface area (Å²) in [6, 6.07) is 9.43. The van der Waals surface area contributed by atoms with Gasteiger partial charge in [0, 0.05) is 25.3 Å². The molecule has 0 atom stereocenters. The van der Waals surface area contributed by atoms with Gasteiger partial charge in [0.05, 0.1) is 4.99 Å². The summed E-state index contributed by atoms with van der Waals surface area (Å²) >= 11 is 4.85. The summed E-state index contributed by atoms with van der Waals surface area (Å²) in [5, 5.41) is 0. The molecule has 1 aromatic carbocycles. The van der Waals surface area contributed by atoms with Crippen LogP contribution in [0.3, 0.4) is 0 Å². The van der Waals surface area contributed by atoms with Crippen LogP contribution in [-0.4, -0.2) is 30.7 Å². The topological polar surface area (TPSA) is 55.6 Å². The molecule has 1 rings (SSSR count). The molecule has 98 valence electrons. The van der Waals surface area contributed by atoms with Crippen LogP contribution in [0.2, 0.25) is 0 Å². The number of thiocarbonyl (C=S) groups is 1. The van der Waals surface area contributed by atoms with E-state index < -0.39 is 0 Å². The van der Waals surface area contributed by atoms with Crippen LogP contribution in [0.4, 0.5) is 5.69 Å². The van der Waals surface area contributed by atoms with E-state index in [1.165, 1.54) is 0 Å². The van der Waals surface area contributed by atoms with Crippen LogP contribution in [0, 0.1) is 0 Å². The number of amides is 1. The Labute approximate surface area is 113 Å². The van der Waals surface area contributed by atoms with Gasteiger partial charge in [-0.2, -0.15) is 0 Å². The molecule has 4 nitrogen and oxygen atoms in total. The van der Waals surface area contributed by atoms with Crippen molar-refractivity contribution in [3.63, 3.8) is 0 Å². The average Bonchev–Trinajstić information content (AvgIpc) is 2.37. The van der Waals surface area contributed by atoms with Gasteiger partial charge in [-0.15, -0.1) is 0 Å². The van der Waals surface area contributed by atoms with Crippen molar-refractivity contribution in [2.75, 3.05) is 24.7 Å². The molecule has 1 amide bonds. The largest absolute Gasteiger partial charge is 0.393 e. The Kier molecular flexibility index (Phi) is 6.32. The molecule has 0 unspecified atom stereocenters. The molecule has 1 aromatic rings. The Balaban J connectivity index is 2.74. The first-order valence-corrected chi connectivity index (χ1v) is 6.27. The molecular weight excluding hydrogens is 248 g/mol. The van der Waals surface area contributed by atoms with E-state index in [0.29, 0.717) is 24.6 Å². The maximum absolute atomic E-state index is 12.0. The molecule has 0 saturated heterocycles. The second-order valence-electron chi connectivity index (χ2n) is 3.73. The molecule has 0 saturated carbocycles. The van der Waals surface area contributed by atoms with Crippen LogP contribution in [0.1, 0.15) is 13.3 Å². The van der Waals surface area contributed by atoms with Crippen molar-refractivity contribution in [3.8, 4) is 0 Å². The number of carbonyl (C=O) groups is 1. The number of hydrogen-bond acceptors (Lipinski definition) is 3. The van der Waals surface area contributed by atoms with Gasteiger partial charge in [0.15, 0.2) is 0 Å². The Bertz CT molecular complexity index is 395. The van der Waals surface area contributed by atoms with Crippen molar-refractivity contribution in [3.05, 3.63) is 30.3 Å². The van der Waals surface area contributed by atoms with Crippen LogP contribution >= 0.6 is 12.2 Å². The SMILES string of the molecule is CCOCC(=O)N(CCC(N)=S)c1ccccc1. The van der Waals surface area contributed by atoms with Gasteiger partial charge in [0.25, 0.3) is 5.91 Å². The quantitative estimate of drug-likeness (QED) is 0.764. The highest BCUT2D eigenvalue weighted by molar-refractivity contribution is 7.80. The van der Waals surface area contributed by atoms with Gasteiger partial charge in [-0.25, -0.2) is 0 Å². The van der Waals surface area contributed by atoms with Crippen LogP contribution < -0.4 is 10.6 Å². The van der Waals surface area contributed by atoms with Crippen molar-refractivity contribution in [2.24, 2.45) is 5.73 Å². The third kappa shape index (κ3) is 4.81. The van der Waals surface area contributed by atoms with Gasteiger partial charge in [0.2, 0.25) is 0 Å². The third-order valence-electron chi connectivity index (χ3n) is 2.38. The summed E-state index contributed by atoms with van der Waals surface area (Å²) in [6.07, 6.45) is 0.502.